The summed E-state index contributed by atoms with van der Waals surface area (Å²) in [4.78, 5) is 137. The molecule has 0 radical (unpaired) electrons. The molecule has 88 heavy (non-hydrogen) atoms. The minimum Gasteiger partial charge on any atom is -0.481 e. The van der Waals surface area contributed by atoms with Crippen molar-refractivity contribution in [3.8, 4) is 0 Å². The second-order valence-electron chi connectivity index (χ2n) is 21.8. The van der Waals surface area contributed by atoms with Gasteiger partial charge < -0.3 is 64.4 Å². The number of aliphatic carboxylic acids is 3. The molecule has 1 saturated heterocycles. The zero-order chi connectivity index (χ0) is 64.1. The Morgan fingerprint density at radius 1 is 0.614 bits per heavy atom. The topological polar surface area (TPSA) is 413 Å². The van der Waals surface area contributed by atoms with Gasteiger partial charge in [0.25, 0.3) is 5.91 Å². The Morgan fingerprint density at radius 2 is 1.18 bits per heavy atom. The molecule has 1 fully saturated rings. The van der Waals surface area contributed by atoms with E-state index in [4.69, 9.17) is 40.3 Å². The third kappa shape index (κ3) is 25.7. The van der Waals surface area contributed by atoms with Crippen LogP contribution in [0.1, 0.15) is 91.4 Å². The van der Waals surface area contributed by atoms with E-state index in [0.717, 1.165) is 40.4 Å². The molecule has 2 heterocycles. The molecule has 0 aliphatic carbocycles. The third-order valence-corrected chi connectivity index (χ3v) is 15.1. The van der Waals surface area contributed by atoms with E-state index < -0.39 is 72.5 Å². The molecule has 4 aromatic rings. The van der Waals surface area contributed by atoms with Crippen LogP contribution < -0.4 is 44.2 Å². The second kappa shape index (κ2) is 36.4. The number of rotatable bonds is 34. The number of fused-ring (bicyclic) bond motifs is 1. The highest BCUT2D eigenvalue weighted by molar-refractivity contribution is 7.80. The third-order valence-electron chi connectivity index (χ3n) is 14.8. The van der Waals surface area contributed by atoms with Crippen LogP contribution in [-0.4, -0.2) is 206 Å². The molecule has 3 atom stereocenters. The van der Waals surface area contributed by atoms with Gasteiger partial charge in [-0.2, -0.15) is 0 Å². The second-order valence-corrected chi connectivity index (χ2v) is 22.3. The first-order valence-corrected chi connectivity index (χ1v) is 29.6. The van der Waals surface area contributed by atoms with Gasteiger partial charge in [0.1, 0.15) is 12.1 Å². The number of carboxylic acids is 3. The van der Waals surface area contributed by atoms with Gasteiger partial charge in [-0.05, 0) is 98.2 Å². The number of thiocarbonyl (C=S) groups is 1. The molecule has 1 aromatic heterocycles. The predicted octanol–water partition coefficient (Wildman–Crippen LogP) is 1.20. The molecule has 15 N–H and O–H groups in total. The Morgan fingerprint density at radius 3 is 1.80 bits per heavy atom. The average molecular weight is 1240 g/mol. The zero-order valence-electron chi connectivity index (χ0n) is 49.3. The maximum Gasteiger partial charge on any atom is 0.326 e. The molecule has 8 amide bonds. The number of nitrogens with one attached hydrogen (secondary N) is 4. The lowest BCUT2D eigenvalue weighted by atomic mass is 10.0. The van der Waals surface area contributed by atoms with Gasteiger partial charge in [-0.25, -0.2) is 14.4 Å². The van der Waals surface area contributed by atoms with Crippen molar-refractivity contribution in [1.29, 1.82) is 0 Å². The molecule has 3 aromatic carbocycles. The van der Waals surface area contributed by atoms with E-state index in [2.05, 4.69) is 26.3 Å². The fourth-order valence-electron chi connectivity index (χ4n) is 10.2. The Bertz CT molecular complexity index is 3040. The van der Waals surface area contributed by atoms with Crippen LogP contribution in [-0.2, 0) is 57.9 Å². The molecule has 1 aliphatic heterocycles. The van der Waals surface area contributed by atoms with Gasteiger partial charge in [0, 0.05) is 101 Å². The number of urea groups is 1. The predicted molar refractivity (Wildman–Crippen MR) is 331 cm³/mol. The number of carbonyl (C=O) groups excluding carboxylic acids is 7. The van der Waals surface area contributed by atoms with Gasteiger partial charge in [-0.3, -0.25) is 58.1 Å². The lowest BCUT2D eigenvalue weighted by molar-refractivity contribution is -0.141. The van der Waals surface area contributed by atoms with Gasteiger partial charge in [-0.1, -0.05) is 67.2 Å². The van der Waals surface area contributed by atoms with Crippen LogP contribution in [0.25, 0.3) is 10.8 Å². The lowest BCUT2D eigenvalue weighted by Crippen LogP contribution is -2.54. The van der Waals surface area contributed by atoms with Crippen molar-refractivity contribution in [3.05, 3.63) is 107 Å². The van der Waals surface area contributed by atoms with Crippen molar-refractivity contribution < 1.29 is 63.3 Å². The summed E-state index contributed by atoms with van der Waals surface area (Å²) < 4.78 is 0. The molecule has 0 spiro atoms. The van der Waals surface area contributed by atoms with E-state index in [1.165, 1.54) is 0 Å². The first-order valence-electron chi connectivity index (χ1n) is 29.2. The number of primary amides is 4. The minimum atomic E-state index is -1.55. The van der Waals surface area contributed by atoms with Crippen LogP contribution in [0.5, 0.6) is 0 Å². The number of benzene rings is 3. The monoisotopic (exact) mass is 1240 g/mol. The summed E-state index contributed by atoms with van der Waals surface area (Å²) >= 11 is 5.67. The van der Waals surface area contributed by atoms with Gasteiger partial charge in [0.15, 0.2) is 0 Å². The van der Waals surface area contributed by atoms with Crippen LogP contribution in [0.3, 0.4) is 0 Å². The number of pyridine rings is 1. The van der Waals surface area contributed by atoms with Gasteiger partial charge in [0.2, 0.25) is 29.5 Å². The van der Waals surface area contributed by atoms with E-state index in [1.807, 2.05) is 74.2 Å². The number of hydrogen-bond acceptors (Lipinski definition) is 16. The van der Waals surface area contributed by atoms with Crippen molar-refractivity contribution >= 4 is 93.0 Å². The summed E-state index contributed by atoms with van der Waals surface area (Å²) in [6, 6.07) is 19.7. The van der Waals surface area contributed by atoms with Crippen LogP contribution in [0, 0.1) is 0 Å². The lowest BCUT2D eigenvalue weighted by Gasteiger charge is -2.38. The number of aromatic nitrogens is 1. The van der Waals surface area contributed by atoms with Gasteiger partial charge in [0.05, 0.1) is 43.4 Å². The number of amides is 8. The number of nitrogens with zero attached hydrogens (tertiary/aromatic N) is 6. The first kappa shape index (κ1) is 70.1. The minimum absolute atomic E-state index is 0.0210. The Kier molecular flexibility index (Phi) is 29.0. The summed E-state index contributed by atoms with van der Waals surface area (Å²) in [5, 5.41) is 40.5. The molecule has 1 aliphatic rings. The molecule has 1 unspecified atom stereocenters. The van der Waals surface area contributed by atoms with Gasteiger partial charge >= 0.3 is 23.9 Å². The highest BCUT2D eigenvalue weighted by Crippen LogP contribution is 2.21. The quantitative estimate of drug-likeness (QED) is 0.0231. The van der Waals surface area contributed by atoms with Crippen LogP contribution in [0.4, 0.5) is 10.5 Å². The highest BCUT2D eigenvalue weighted by Gasteiger charge is 2.29. The number of carbonyl (C=O) groups is 10. The maximum atomic E-state index is 14.2. The Balaban J connectivity index is 1.09. The summed E-state index contributed by atoms with van der Waals surface area (Å²) in [5.74, 6) is -6.67. The SMILES string of the molecule is NC(=O)CN1CCN(CC(N)=O)CCN(CC(N)=O)C(Cc2ccc(NC(=S)CCCCCC(=O)NCc3ccc(C(=O)N(CCCC[C@@H](NC(=O)N[C@H](CCC(=O)O)C(=O)O)C(=O)O)Cc4nccc5ccccc45)cc3)cc2)CN(CC(N)=O)CC1. The van der Waals surface area contributed by atoms with Crippen molar-refractivity contribution in [3.63, 3.8) is 0 Å². The van der Waals surface area contributed by atoms with Crippen molar-refractivity contribution in [1.82, 2.24) is 45.4 Å². The molecule has 0 bridgehead atoms. The molecule has 5 rings (SSSR count). The molecule has 27 nitrogen and oxygen atoms in total. The number of carboxylic acid groups (broad SMARTS) is 3. The van der Waals surface area contributed by atoms with E-state index >= 15 is 0 Å². The van der Waals surface area contributed by atoms with E-state index in [1.54, 1.807) is 35.4 Å². The number of unbranched alkanes of at least 4 members (excludes halogenated alkanes) is 3. The average Bonchev–Trinajstić information content (AvgIpc) is 3.07. The normalized spacial score (nSPS) is 15.3. The maximum absolute atomic E-state index is 14.2. The Hall–Kier alpha value is -8.70. The van der Waals surface area contributed by atoms with E-state index in [-0.39, 0.29) is 76.5 Å². The zero-order valence-corrected chi connectivity index (χ0v) is 50.1. The smallest absolute Gasteiger partial charge is 0.326 e. The summed E-state index contributed by atoms with van der Waals surface area (Å²) in [6.45, 7) is 2.94. The van der Waals surface area contributed by atoms with Crippen LogP contribution >= 0.6 is 12.2 Å². The number of hydrogen-bond donors (Lipinski definition) is 11. The van der Waals surface area contributed by atoms with E-state index in [9.17, 15) is 58.2 Å². The fourth-order valence-corrected chi connectivity index (χ4v) is 10.5. The summed E-state index contributed by atoms with van der Waals surface area (Å²) in [5.41, 5.74) is 26.1. The molecular weight excluding hydrogens is 1160 g/mol. The largest absolute Gasteiger partial charge is 0.481 e. The summed E-state index contributed by atoms with van der Waals surface area (Å²) in [7, 11) is 0. The number of anilines is 1. The van der Waals surface area contributed by atoms with Crippen molar-refractivity contribution in [2.45, 2.75) is 102 Å². The molecule has 476 valence electrons. The molecule has 28 heteroatoms. The van der Waals surface area contributed by atoms with Crippen molar-refractivity contribution in [2.75, 3.05) is 83.9 Å². The van der Waals surface area contributed by atoms with E-state index in [0.29, 0.717) is 94.2 Å². The molecule has 0 saturated carbocycles. The highest BCUT2D eigenvalue weighted by atomic mass is 32.1. The van der Waals surface area contributed by atoms with Crippen LogP contribution in [0.2, 0.25) is 0 Å². The standard InChI is InChI=1S/C60H82N14O13S/c61-50(75)36-70-26-27-71(37-51(62)76)30-31-73(39-53(64)78)45(34-72(29-28-70)38-52(63)77)32-40-15-19-44(20-16-40)67-55(88)12-3-1-2-11-54(79)66-33-41-13-17-43(18-14-41)57(82)74(35-49-46-9-5-4-8-42(46)23-24-65-49)25-7-6-10-47(58(83)84)68-60(87)69-48(59(85)86)21-22-56(80)81/h4-5,8-9,13-20,23-24,45,47-48H,1-3,6-7,10-12,21-22,25-39H2,(H2,61,75)(H2,62,76)(H2,63,77)(H2,64,78)(H,66,79)(H,67,88)(H,80,81)(H,83,84)(H,85,86)(H2,68,69,87)/t45?,47-,48-/m1/s1. The fraction of sp³-hybridized carbons (Fsp3) is 0.467. The summed E-state index contributed by atoms with van der Waals surface area (Å²) in [6.07, 6.45) is 4.70. The first-order chi connectivity index (χ1) is 42.0. The van der Waals surface area contributed by atoms with Crippen LogP contribution in [0.15, 0.2) is 85.1 Å². The number of nitrogens with two attached hydrogens (primary N) is 4. The van der Waals surface area contributed by atoms with Crippen molar-refractivity contribution in [2.24, 2.45) is 22.9 Å². The van der Waals surface area contributed by atoms with Gasteiger partial charge in [-0.15, -0.1) is 0 Å². The molecular formula is C60H82N14O13S. The Labute approximate surface area is 515 Å².